The highest BCUT2D eigenvalue weighted by atomic mass is 16.7. The summed E-state index contributed by atoms with van der Waals surface area (Å²) in [5.74, 6) is 5.01. The molecule has 4 aliphatic rings. The Morgan fingerprint density at radius 3 is 2.61 bits per heavy atom. The summed E-state index contributed by atoms with van der Waals surface area (Å²) >= 11 is 0. The average molecular weight is 375 g/mol. The van der Waals surface area contributed by atoms with E-state index in [-0.39, 0.29) is 6.29 Å². The summed E-state index contributed by atoms with van der Waals surface area (Å²) in [6.07, 6.45) is 8.11. The molecule has 4 aliphatic carbocycles. The highest BCUT2D eigenvalue weighted by Crippen LogP contribution is 2.65. The number of hydrogen-bond acceptors (Lipinski definition) is 2. The molecule has 0 aliphatic heterocycles. The Morgan fingerprint density at radius 1 is 0.893 bits per heavy atom. The van der Waals surface area contributed by atoms with Crippen LogP contribution in [0.2, 0.25) is 0 Å². The van der Waals surface area contributed by atoms with E-state index in [2.05, 4.69) is 55.5 Å². The number of benzene rings is 2. The Hall–Kier alpha value is -1.80. The molecule has 0 N–H and O–H groups in total. The molecule has 3 fully saturated rings. The Kier molecular flexibility index (Phi) is 4.04. The summed E-state index contributed by atoms with van der Waals surface area (Å²) in [5, 5.41) is 0. The van der Waals surface area contributed by atoms with Crippen LogP contribution in [0.15, 0.2) is 48.5 Å². The van der Waals surface area contributed by atoms with Crippen LogP contribution in [-0.2, 0) is 11.2 Å². The first kappa shape index (κ1) is 17.1. The van der Waals surface area contributed by atoms with Gasteiger partial charge in [0, 0.05) is 5.92 Å². The maximum absolute atomic E-state index is 6.78. The smallest absolute Gasteiger partial charge is 0.207 e. The molecule has 0 radical (unpaired) electrons. The predicted octanol–water partition coefficient (Wildman–Crippen LogP) is 5.88. The first-order chi connectivity index (χ1) is 13.8. The average Bonchev–Trinajstić information content (AvgIpc) is 3.30. The predicted molar refractivity (Wildman–Crippen MR) is 110 cm³/mol. The number of fused-ring (bicyclic) bond motifs is 5. The van der Waals surface area contributed by atoms with Gasteiger partial charge in [0.1, 0.15) is 5.75 Å². The molecule has 7 atom stereocenters. The molecule has 0 aromatic heterocycles. The fourth-order valence-electron chi connectivity index (χ4n) is 6.74. The number of rotatable bonds is 5. The molecular formula is C26H30O2. The maximum atomic E-state index is 6.78. The monoisotopic (exact) mass is 374 g/mol. The van der Waals surface area contributed by atoms with Gasteiger partial charge in [-0.3, -0.25) is 0 Å². The molecule has 0 saturated heterocycles. The summed E-state index contributed by atoms with van der Waals surface area (Å²) in [6, 6.07) is 17.3. The Labute approximate surface area is 168 Å². The van der Waals surface area contributed by atoms with Crippen LogP contribution in [0.5, 0.6) is 5.75 Å². The van der Waals surface area contributed by atoms with Crippen molar-refractivity contribution in [3.8, 4) is 5.75 Å². The Bertz CT molecular complexity index is 857. The second kappa shape index (κ2) is 6.62. The van der Waals surface area contributed by atoms with Crippen LogP contribution in [-0.4, -0.2) is 12.4 Å². The zero-order chi connectivity index (χ0) is 18.7. The minimum atomic E-state index is -0.169. The van der Waals surface area contributed by atoms with Gasteiger partial charge in [-0.15, -0.1) is 0 Å². The van der Waals surface area contributed by atoms with Crippen molar-refractivity contribution in [2.75, 3.05) is 0 Å². The van der Waals surface area contributed by atoms with E-state index in [1.807, 2.05) is 0 Å². The van der Waals surface area contributed by atoms with E-state index in [4.69, 9.17) is 9.47 Å². The lowest BCUT2D eigenvalue weighted by Crippen LogP contribution is -2.61. The second-order valence-corrected chi connectivity index (χ2v) is 9.55. The van der Waals surface area contributed by atoms with Crippen LogP contribution in [0.25, 0.3) is 0 Å². The zero-order valence-corrected chi connectivity index (χ0v) is 16.7. The summed E-state index contributed by atoms with van der Waals surface area (Å²) in [4.78, 5) is 0. The van der Waals surface area contributed by atoms with E-state index < -0.39 is 0 Å². The van der Waals surface area contributed by atoms with Crippen LogP contribution < -0.4 is 4.74 Å². The second-order valence-electron chi connectivity index (χ2n) is 9.55. The Balaban J connectivity index is 1.24. The molecule has 0 amide bonds. The van der Waals surface area contributed by atoms with Crippen molar-refractivity contribution in [1.82, 2.24) is 0 Å². The van der Waals surface area contributed by atoms with Gasteiger partial charge in [-0.1, -0.05) is 48.4 Å². The Morgan fingerprint density at radius 2 is 1.71 bits per heavy atom. The van der Waals surface area contributed by atoms with Gasteiger partial charge in [-0.25, -0.2) is 0 Å². The quantitative estimate of drug-likeness (QED) is 0.608. The largest absolute Gasteiger partial charge is 0.464 e. The van der Waals surface area contributed by atoms with Gasteiger partial charge >= 0.3 is 0 Å². The molecule has 2 aromatic carbocycles. The van der Waals surface area contributed by atoms with E-state index in [1.165, 1.54) is 42.4 Å². The van der Waals surface area contributed by atoms with E-state index in [9.17, 15) is 0 Å². The normalized spacial score (nSPS) is 35.9. The lowest BCUT2D eigenvalue weighted by molar-refractivity contribution is -0.251. The van der Waals surface area contributed by atoms with Gasteiger partial charge in [0.25, 0.3) is 0 Å². The molecule has 2 heteroatoms. The minimum Gasteiger partial charge on any atom is -0.464 e. The summed E-state index contributed by atoms with van der Waals surface area (Å²) in [7, 11) is 0. The van der Waals surface area contributed by atoms with Gasteiger partial charge in [0.15, 0.2) is 0 Å². The van der Waals surface area contributed by atoms with Crippen LogP contribution in [0.4, 0.5) is 0 Å². The third-order valence-electron chi connectivity index (χ3n) is 8.19. The summed E-state index contributed by atoms with van der Waals surface area (Å²) in [6.45, 7) is 2.12. The number of ether oxygens (including phenoxy) is 2. The molecule has 146 valence electrons. The van der Waals surface area contributed by atoms with E-state index in [0.29, 0.717) is 12.0 Å². The van der Waals surface area contributed by atoms with Crippen molar-refractivity contribution in [2.45, 2.75) is 63.8 Å². The van der Waals surface area contributed by atoms with Crippen LogP contribution in [0, 0.1) is 30.6 Å². The maximum Gasteiger partial charge on any atom is 0.207 e. The highest BCUT2D eigenvalue weighted by molar-refractivity contribution is 5.36. The number of hydrogen-bond donors (Lipinski definition) is 0. The van der Waals surface area contributed by atoms with Crippen LogP contribution in [0.3, 0.4) is 0 Å². The van der Waals surface area contributed by atoms with E-state index in [1.54, 1.807) is 0 Å². The molecule has 0 spiro atoms. The molecule has 0 heterocycles. The SMILES string of the molecule is Cc1ccc(OC(OC2CC3C4CCCC4C23)C2CCc3ccccc32)cc1. The van der Waals surface area contributed by atoms with E-state index in [0.717, 1.165) is 42.3 Å². The first-order valence-electron chi connectivity index (χ1n) is 11.2. The van der Waals surface area contributed by atoms with Crippen molar-refractivity contribution < 1.29 is 9.47 Å². The lowest BCUT2D eigenvalue weighted by Gasteiger charge is -2.61. The van der Waals surface area contributed by atoms with Crippen molar-refractivity contribution in [3.05, 3.63) is 65.2 Å². The third-order valence-corrected chi connectivity index (χ3v) is 8.19. The topological polar surface area (TPSA) is 18.5 Å². The summed E-state index contributed by atoms with van der Waals surface area (Å²) in [5.41, 5.74) is 4.17. The van der Waals surface area contributed by atoms with E-state index >= 15 is 0 Å². The zero-order valence-electron chi connectivity index (χ0n) is 16.7. The van der Waals surface area contributed by atoms with Crippen molar-refractivity contribution >= 4 is 0 Å². The van der Waals surface area contributed by atoms with Crippen molar-refractivity contribution in [3.63, 3.8) is 0 Å². The first-order valence-corrected chi connectivity index (χ1v) is 11.2. The molecule has 28 heavy (non-hydrogen) atoms. The fourth-order valence-corrected chi connectivity index (χ4v) is 6.74. The summed E-state index contributed by atoms with van der Waals surface area (Å²) < 4.78 is 13.3. The third kappa shape index (κ3) is 2.64. The molecule has 6 rings (SSSR count). The highest BCUT2D eigenvalue weighted by Gasteiger charge is 2.62. The molecule has 3 saturated carbocycles. The molecule has 2 nitrogen and oxygen atoms in total. The van der Waals surface area contributed by atoms with Gasteiger partial charge in [0.2, 0.25) is 6.29 Å². The van der Waals surface area contributed by atoms with Crippen LogP contribution in [0.1, 0.15) is 54.7 Å². The molecule has 0 bridgehead atoms. The number of aryl methyl sites for hydroxylation is 2. The van der Waals surface area contributed by atoms with Gasteiger partial charge in [0.05, 0.1) is 6.10 Å². The standard InChI is InChI=1S/C26H30O2/c1-16-9-12-18(13-10-16)27-26(22-14-11-17-5-2-3-6-19(17)22)28-24-15-23-20-7-4-8-21(20)25(23)24/h2-3,5-6,9-10,12-13,20-26H,4,7-8,11,14-15H2,1H3. The van der Waals surface area contributed by atoms with Crippen LogP contribution >= 0.6 is 0 Å². The van der Waals surface area contributed by atoms with Gasteiger partial charge < -0.3 is 9.47 Å². The molecule has 2 aromatic rings. The molecular weight excluding hydrogens is 344 g/mol. The fraction of sp³-hybridized carbons (Fsp3) is 0.538. The minimum absolute atomic E-state index is 0.169. The van der Waals surface area contributed by atoms with Crippen molar-refractivity contribution in [2.24, 2.45) is 23.7 Å². The van der Waals surface area contributed by atoms with Crippen molar-refractivity contribution in [1.29, 1.82) is 0 Å². The van der Waals surface area contributed by atoms with Gasteiger partial charge in [-0.05, 0) is 86.0 Å². The van der Waals surface area contributed by atoms with Gasteiger partial charge in [-0.2, -0.15) is 0 Å². The lowest BCUT2D eigenvalue weighted by atomic mass is 9.46. The molecule has 7 unspecified atom stereocenters.